The number of aldehydes is 1. The standard InChI is InChI=1S/C17H10ClF4NO/c1-3-10-6-11(8-24)16(23-15(10)9(2)18)13-7-12(19)4-5-14(13)17(20,21)22/h3-8H,1-2H2. The van der Waals surface area contributed by atoms with Crippen LogP contribution in [0.4, 0.5) is 17.6 Å². The van der Waals surface area contributed by atoms with Crippen LogP contribution >= 0.6 is 11.6 Å². The van der Waals surface area contributed by atoms with Crippen molar-refractivity contribution in [1.82, 2.24) is 4.98 Å². The van der Waals surface area contributed by atoms with Crippen molar-refractivity contribution in [2.45, 2.75) is 6.18 Å². The molecule has 2 nitrogen and oxygen atoms in total. The average Bonchev–Trinajstić information content (AvgIpc) is 2.52. The summed E-state index contributed by atoms with van der Waals surface area (Å²) in [6.07, 6.45) is -3.08. The summed E-state index contributed by atoms with van der Waals surface area (Å²) < 4.78 is 53.1. The molecule has 1 aromatic carbocycles. The van der Waals surface area contributed by atoms with Crippen molar-refractivity contribution in [3.05, 3.63) is 65.6 Å². The maximum Gasteiger partial charge on any atom is 0.417 e. The third-order valence-electron chi connectivity index (χ3n) is 3.23. The van der Waals surface area contributed by atoms with Crippen molar-refractivity contribution < 1.29 is 22.4 Å². The highest BCUT2D eigenvalue weighted by molar-refractivity contribution is 6.48. The normalized spacial score (nSPS) is 11.2. The van der Waals surface area contributed by atoms with Crippen molar-refractivity contribution in [1.29, 1.82) is 0 Å². The molecule has 0 radical (unpaired) electrons. The number of hydrogen-bond donors (Lipinski definition) is 0. The molecule has 2 rings (SSSR count). The predicted molar refractivity (Wildman–Crippen MR) is 85.0 cm³/mol. The molecule has 0 bridgehead atoms. The Labute approximate surface area is 140 Å². The molecule has 24 heavy (non-hydrogen) atoms. The van der Waals surface area contributed by atoms with Crippen LogP contribution in [0.3, 0.4) is 0 Å². The van der Waals surface area contributed by atoms with Crippen LogP contribution in [0.15, 0.2) is 37.4 Å². The number of rotatable bonds is 4. The first-order valence-electron chi connectivity index (χ1n) is 6.53. The Morgan fingerprint density at radius 1 is 1.21 bits per heavy atom. The molecule has 0 N–H and O–H groups in total. The number of aromatic nitrogens is 1. The monoisotopic (exact) mass is 355 g/mol. The Hall–Kier alpha value is -2.47. The molecule has 0 saturated heterocycles. The zero-order valence-electron chi connectivity index (χ0n) is 12.1. The Morgan fingerprint density at radius 2 is 1.88 bits per heavy atom. The number of pyridine rings is 1. The molecule has 0 atom stereocenters. The van der Waals surface area contributed by atoms with Crippen molar-refractivity contribution in [3.8, 4) is 11.3 Å². The van der Waals surface area contributed by atoms with E-state index in [-0.39, 0.29) is 22.0 Å². The number of halogens is 5. The lowest BCUT2D eigenvalue weighted by molar-refractivity contribution is -0.137. The molecule has 0 spiro atoms. The van der Waals surface area contributed by atoms with Gasteiger partial charge in [0.05, 0.1) is 22.0 Å². The minimum absolute atomic E-state index is 0.0476. The number of nitrogens with zero attached hydrogens (tertiary/aromatic N) is 1. The van der Waals surface area contributed by atoms with E-state index in [0.29, 0.717) is 30.0 Å². The molecule has 0 amide bonds. The molecule has 1 heterocycles. The quantitative estimate of drug-likeness (QED) is 0.530. The first kappa shape index (κ1) is 17.9. The van der Waals surface area contributed by atoms with Gasteiger partial charge in [0.1, 0.15) is 5.82 Å². The summed E-state index contributed by atoms with van der Waals surface area (Å²) in [5.41, 5.74) is -1.77. The van der Waals surface area contributed by atoms with E-state index in [9.17, 15) is 22.4 Å². The highest BCUT2D eigenvalue weighted by Gasteiger charge is 2.35. The summed E-state index contributed by atoms with van der Waals surface area (Å²) in [6.45, 7) is 7.01. The van der Waals surface area contributed by atoms with Crippen LogP contribution in [0, 0.1) is 5.82 Å². The topological polar surface area (TPSA) is 30.0 Å². The molecular formula is C17H10ClF4NO. The van der Waals surface area contributed by atoms with Gasteiger partial charge in [0.2, 0.25) is 0 Å². The van der Waals surface area contributed by atoms with Gasteiger partial charge in [-0.1, -0.05) is 30.8 Å². The van der Waals surface area contributed by atoms with Gasteiger partial charge in [0.25, 0.3) is 0 Å². The van der Waals surface area contributed by atoms with Crippen LogP contribution in [0.25, 0.3) is 22.4 Å². The summed E-state index contributed by atoms with van der Waals surface area (Å²) in [6, 6.07) is 3.23. The van der Waals surface area contributed by atoms with Gasteiger partial charge >= 0.3 is 6.18 Å². The molecule has 0 unspecified atom stereocenters. The lowest BCUT2D eigenvalue weighted by Gasteiger charge is -2.15. The fraction of sp³-hybridized carbons (Fsp3) is 0.0588. The summed E-state index contributed by atoms with van der Waals surface area (Å²) >= 11 is 5.81. The molecule has 0 aliphatic carbocycles. The summed E-state index contributed by atoms with van der Waals surface area (Å²) in [5.74, 6) is -0.893. The number of carbonyl (C=O) groups is 1. The van der Waals surface area contributed by atoms with E-state index in [4.69, 9.17) is 11.6 Å². The van der Waals surface area contributed by atoms with Crippen LogP contribution in [-0.4, -0.2) is 11.3 Å². The minimum Gasteiger partial charge on any atom is -0.298 e. The largest absolute Gasteiger partial charge is 0.417 e. The zero-order valence-corrected chi connectivity index (χ0v) is 12.9. The molecule has 0 fully saturated rings. The highest BCUT2D eigenvalue weighted by atomic mass is 35.5. The Kier molecular flexibility index (Phi) is 4.89. The molecule has 0 aliphatic heterocycles. The second-order valence-corrected chi connectivity index (χ2v) is 5.23. The smallest absolute Gasteiger partial charge is 0.298 e. The summed E-state index contributed by atoms with van der Waals surface area (Å²) in [4.78, 5) is 15.3. The van der Waals surface area contributed by atoms with Crippen LogP contribution in [-0.2, 0) is 6.18 Å². The van der Waals surface area contributed by atoms with Gasteiger partial charge in [-0.05, 0) is 24.3 Å². The van der Waals surface area contributed by atoms with Crippen molar-refractivity contribution >= 4 is 29.0 Å². The van der Waals surface area contributed by atoms with E-state index in [1.807, 2.05) is 0 Å². The Morgan fingerprint density at radius 3 is 2.38 bits per heavy atom. The maximum atomic E-state index is 13.5. The van der Waals surface area contributed by atoms with Crippen molar-refractivity contribution in [2.24, 2.45) is 0 Å². The number of hydrogen-bond acceptors (Lipinski definition) is 2. The van der Waals surface area contributed by atoms with Gasteiger partial charge in [0.15, 0.2) is 6.29 Å². The predicted octanol–water partition coefficient (Wildman–Crippen LogP) is 5.57. The van der Waals surface area contributed by atoms with Crippen LogP contribution in [0.5, 0.6) is 0 Å². The molecule has 0 saturated carbocycles. The molecule has 1 aromatic heterocycles. The SMILES string of the molecule is C=Cc1cc(C=O)c(-c2cc(F)ccc2C(F)(F)F)nc1C(=C)Cl. The van der Waals surface area contributed by atoms with E-state index in [0.717, 1.165) is 0 Å². The van der Waals surface area contributed by atoms with Crippen molar-refractivity contribution in [2.75, 3.05) is 0 Å². The highest BCUT2D eigenvalue weighted by Crippen LogP contribution is 2.38. The lowest BCUT2D eigenvalue weighted by atomic mass is 9.98. The van der Waals surface area contributed by atoms with E-state index in [2.05, 4.69) is 18.1 Å². The molecular weight excluding hydrogens is 346 g/mol. The third-order valence-corrected chi connectivity index (χ3v) is 3.41. The van der Waals surface area contributed by atoms with Gasteiger partial charge in [-0.3, -0.25) is 4.79 Å². The van der Waals surface area contributed by atoms with E-state index in [1.165, 1.54) is 12.1 Å². The molecule has 124 valence electrons. The molecule has 0 aliphatic rings. The van der Waals surface area contributed by atoms with Gasteiger partial charge in [-0.25, -0.2) is 9.37 Å². The van der Waals surface area contributed by atoms with Crippen LogP contribution in [0.2, 0.25) is 0 Å². The lowest BCUT2D eigenvalue weighted by Crippen LogP contribution is -2.09. The second-order valence-electron chi connectivity index (χ2n) is 4.78. The third kappa shape index (κ3) is 3.38. The zero-order chi connectivity index (χ0) is 18.1. The van der Waals surface area contributed by atoms with Gasteiger partial charge in [-0.15, -0.1) is 0 Å². The van der Waals surface area contributed by atoms with Gasteiger partial charge in [0, 0.05) is 16.7 Å². The first-order chi connectivity index (χ1) is 11.2. The summed E-state index contributed by atoms with van der Waals surface area (Å²) in [5, 5.41) is -0.0476. The fourth-order valence-electron chi connectivity index (χ4n) is 2.18. The maximum absolute atomic E-state index is 13.5. The van der Waals surface area contributed by atoms with Crippen LogP contribution in [0.1, 0.15) is 27.2 Å². The fourth-order valence-corrected chi connectivity index (χ4v) is 2.33. The van der Waals surface area contributed by atoms with Gasteiger partial charge < -0.3 is 0 Å². The van der Waals surface area contributed by atoms with E-state index < -0.39 is 23.1 Å². The second kappa shape index (κ2) is 6.57. The average molecular weight is 356 g/mol. The molecule has 2 aromatic rings. The molecule has 7 heteroatoms. The summed E-state index contributed by atoms with van der Waals surface area (Å²) in [7, 11) is 0. The first-order valence-corrected chi connectivity index (χ1v) is 6.91. The minimum atomic E-state index is -4.75. The number of alkyl halides is 3. The van der Waals surface area contributed by atoms with Crippen molar-refractivity contribution in [3.63, 3.8) is 0 Å². The van der Waals surface area contributed by atoms with E-state index in [1.54, 1.807) is 0 Å². The van der Waals surface area contributed by atoms with Gasteiger partial charge in [-0.2, -0.15) is 13.2 Å². The van der Waals surface area contributed by atoms with Crippen LogP contribution < -0.4 is 0 Å². The Bertz CT molecular complexity index is 843. The number of carbonyl (C=O) groups excluding carboxylic acids is 1. The van der Waals surface area contributed by atoms with E-state index >= 15 is 0 Å². The number of benzene rings is 1. The Balaban J connectivity index is 2.89.